The predicted molar refractivity (Wildman–Crippen MR) is 106 cm³/mol. The Bertz CT molecular complexity index is 1320. The Labute approximate surface area is 158 Å². The third-order valence-electron chi connectivity index (χ3n) is 4.68. The molecule has 0 aliphatic heterocycles. The second-order valence-corrected chi connectivity index (χ2v) is 6.42. The number of nitrogens with one attached hydrogen (secondary N) is 2. The Morgan fingerprint density at radius 2 is 1.86 bits per heavy atom. The van der Waals surface area contributed by atoms with Gasteiger partial charge in [0.15, 0.2) is 11.6 Å². The molecule has 28 heavy (non-hydrogen) atoms. The van der Waals surface area contributed by atoms with E-state index in [0.29, 0.717) is 16.6 Å². The minimum atomic E-state index is -0.547. The molecule has 0 spiro atoms. The van der Waals surface area contributed by atoms with Gasteiger partial charge in [0.05, 0.1) is 22.9 Å². The molecule has 6 heteroatoms. The highest BCUT2D eigenvalue weighted by Gasteiger charge is 2.18. The average molecular weight is 371 g/mol. The lowest BCUT2D eigenvalue weighted by Gasteiger charge is -2.07. The van der Waals surface area contributed by atoms with Crippen molar-refractivity contribution in [3.05, 3.63) is 84.6 Å². The van der Waals surface area contributed by atoms with Crippen LogP contribution in [0.1, 0.15) is 10.6 Å². The zero-order valence-corrected chi connectivity index (χ0v) is 14.6. The summed E-state index contributed by atoms with van der Waals surface area (Å²) in [5.41, 5.74) is 1.90. The van der Waals surface area contributed by atoms with Crippen LogP contribution in [0.2, 0.25) is 0 Å². The summed E-state index contributed by atoms with van der Waals surface area (Å²) in [7, 11) is 0. The molecule has 0 unspecified atom stereocenters. The predicted octanol–water partition coefficient (Wildman–Crippen LogP) is 5.37. The van der Waals surface area contributed by atoms with E-state index >= 15 is 4.39 Å². The van der Waals surface area contributed by atoms with Gasteiger partial charge in [-0.3, -0.25) is 9.89 Å². The summed E-state index contributed by atoms with van der Waals surface area (Å²) in [5.74, 6) is -0.949. The van der Waals surface area contributed by atoms with E-state index in [9.17, 15) is 4.79 Å². The number of benzene rings is 3. The minimum absolute atomic E-state index is 0.0670. The van der Waals surface area contributed by atoms with Crippen LogP contribution in [0.5, 0.6) is 0 Å². The van der Waals surface area contributed by atoms with Gasteiger partial charge in [0.2, 0.25) is 0 Å². The first-order valence-corrected chi connectivity index (χ1v) is 8.71. The SMILES string of the molecule is O=C(Nc1ccc2[nH]nc(-c3ccc4ccccc4c3)c2c1F)c1ccco1. The van der Waals surface area contributed by atoms with E-state index in [4.69, 9.17) is 4.42 Å². The zero-order chi connectivity index (χ0) is 19.1. The molecule has 5 nitrogen and oxygen atoms in total. The summed E-state index contributed by atoms with van der Waals surface area (Å²) in [6, 6.07) is 20.1. The lowest BCUT2D eigenvalue weighted by molar-refractivity contribution is 0.0996. The van der Waals surface area contributed by atoms with Gasteiger partial charge in [0.25, 0.3) is 5.91 Å². The molecule has 1 amide bonds. The summed E-state index contributed by atoms with van der Waals surface area (Å²) < 4.78 is 20.3. The van der Waals surface area contributed by atoms with Gasteiger partial charge in [-0.05, 0) is 41.1 Å². The quantitative estimate of drug-likeness (QED) is 0.448. The van der Waals surface area contributed by atoms with E-state index in [1.165, 1.54) is 18.4 Å². The summed E-state index contributed by atoms with van der Waals surface area (Å²) in [6.45, 7) is 0. The molecule has 0 aliphatic rings. The van der Waals surface area contributed by atoms with Gasteiger partial charge in [-0.1, -0.05) is 36.4 Å². The molecule has 2 N–H and O–H groups in total. The summed E-state index contributed by atoms with van der Waals surface area (Å²) in [6.07, 6.45) is 1.39. The second-order valence-electron chi connectivity index (χ2n) is 6.42. The largest absolute Gasteiger partial charge is 0.459 e. The maximum absolute atomic E-state index is 15.3. The highest BCUT2D eigenvalue weighted by Crippen LogP contribution is 2.33. The lowest BCUT2D eigenvalue weighted by Crippen LogP contribution is -2.12. The third kappa shape index (κ3) is 2.63. The molecule has 0 saturated heterocycles. The van der Waals surface area contributed by atoms with Crippen molar-refractivity contribution in [1.82, 2.24) is 10.2 Å². The first-order chi connectivity index (χ1) is 13.7. The number of carbonyl (C=O) groups excluding carboxylic acids is 1. The number of furan rings is 1. The zero-order valence-electron chi connectivity index (χ0n) is 14.6. The van der Waals surface area contributed by atoms with Gasteiger partial charge in [-0.2, -0.15) is 5.10 Å². The van der Waals surface area contributed by atoms with Crippen molar-refractivity contribution >= 4 is 33.3 Å². The standard InChI is InChI=1S/C22H14FN3O2/c23-20-17(24-22(27)18-6-3-11-28-18)10-9-16-19(20)21(26-25-16)15-8-7-13-4-1-2-5-14(13)12-15/h1-12H,(H,24,27)(H,25,26). The number of carbonyl (C=O) groups is 1. The first-order valence-electron chi connectivity index (χ1n) is 8.71. The van der Waals surface area contributed by atoms with Crippen LogP contribution in [0.15, 0.2) is 77.4 Å². The molecule has 136 valence electrons. The minimum Gasteiger partial charge on any atom is -0.459 e. The van der Waals surface area contributed by atoms with Gasteiger partial charge < -0.3 is 9.73 Å². The van der Waals surface area contributed by atoms with Crippen molar-refractivity contribution in [2.24, 2.45) is 0 Å². The van der Waals surface area contributed by atoms with Crippen molar-refractivity contribution in [2.45, 2.75) is 0 Å². The molecule has 3 aromatic carbocycles. The fourth-order valence-corrected chi connectivity index (χ4v) is 3.31. The molecule has 5 rings (SSSR count). The number of H-pyrrole nitrogens is 1. The van der Waals surface area contributed by atoms with Crippen molar-refractivity contribution in [1.29, 1.82) is 0 Å². The van der Waals surface area contributed by atoms with Gasteiger partial charge in [0, 0.05) is 5.56 Å². The number of hydrogen-bond acceptors (Lipinski definition) is 3. The Balaban J connectivity index is 1.61. The molecule has 5 aromatic rings. The lowest BCUT2D eigenvalue weighted by atomic mass is 10.0. The van der Waals surface area contributed by atoms with Crippen LogP contribution in [-0.4, -0.2) is 16.1 Å². The molecular weight excluding hydrogens is 357 g/mol. The normalized spacial score (nSPS) is 11.2. The van der Waals surface area contributed by atoms with Crippen molar-refractivity contribution in [3.8, 4) is 11.3 Å². The molecular formula is C22H14FN3O2. The molecule has 0 atom stereocenters. The molecule has 0 aliphatic carbocycles. The smallest absolute Gasteiger partial charge is 0.291 e. The third-order valence-corrected chi connectivity index (χ3v) is 4.68. The van der Waals surface area contributed by atoms with Gasteiger partial charge in [-0.25, -0.2) is 4.39 Å². The van der Waals surface area contributed by atoms with E-state index in [1.54, 1.807) is 12.1 Å². The Morgan fingerprint density at radius 3 is 2.68 bits per heavy atom. The molecule has 0 bridgehead atoms. The van der Waals surface area contributed by atoms with E-state index in [1.807, 2.05) is 42.5 Å². The van der Waals surface area contributed by atoms with E-state index in [2.05, 4.69) is 15.5 Å². The summed E-state index contributed by atoms with van der Waals surface area (Å²) in [5, 5.41) is 12.2. The highest BCUT2D eigenvalue weighted by atomic mass is 19.1. The maximum atomic E-state index is 15.3. The van der Waals surface area contributed by atoms with Crippen LogP contribution in [0.3, 0.4) is 0 Å². The Kier molecular flexibility index (Phi) is 3.69. The molecule has 0 saturated carbocycles. The monoisotopic (exact) mass is 371 g/mol. The van der Waals surface area contributed by atoms with Crippen LogP contribution < -0.4 is 5.32 Å². The van der Waals surface area contributed by atoms with Crippen molar-refractivity contribution in [3.63, 3.8) is 0 Å². The number of hydrogen-bond donors (Lipinski definition) is 2. The average Bonchev–Trinajstić information content (AvgIpc) is 3.40. The van der Waals surface area contributed by atoms with Crippen LogP contribution >= 0.6 is 0 Å². The number of rotatable bonds is 3. The van der Waals surface area contributed by atoms with Crippen molar-refractivity contribution < 1.29 is 13.6 Å². The van der Waals surface area contributed by atoms with E-state index in [-0.39, 0.29) is 11.4 Å². The molecule has 2 aromatic heterocycles. The van der Waals surface area contributed by atoms with Crippen LogP contribution in [0.25, 0.3) is 32.9 Å². The van der Waals surface area contributed by atoms with Gasteiger partial charge in [-0.15, -0.1) is 0 Å². The van der Waals surface area contributed by atoms with Crippen LogP contribution in [0.4, 0.5) is 10.1 Å². The van der Waals surface area contributed by atoms with Gasteiger partial charge >= 0.3 is 0 Å². The number of nitrogens with zero attached hydrogens (tertiary/aromatic N) is 1. The number of halogens is 1. The maximum Gasteiger partial charge on any atom is 0.291 e. The molecule has 0 radical (unpaired) electrons. The van der Waals surface area contributed by atoms with Crippen LogP contribution in [-0.2, 0) is 0 Å². The Morgan fingerprint density at radius 1 is 1.00 bits per heavy atom. The fourth-order valence-electron chi connectivity index (χ4n) is 3.31. The molecule has 0 fully saturated rings. The number of anilines is 1. The highest BCUT2D eigenvalue weighted by molar-refractivity contribution is 6.05. The summed E-state index contributed by atoms with van der Waals surface area (Å²) >= 11 is 0. The number of amides is 1. The number of aromatic amines is 1. The summed E-state index contributed by atoms with van der Waals surface area (Å²) in [4.78, 5) is 12.2. The fraction of sp³-hybridized carbons (Fsp3) is 0. The van der Waals surface area contributed by atoms with E-state index < -0.39 is 11.7 Å². The van der Waals surface area contributed by atoms with Crippen molar-refractivity contribution in [2.75, 3.05) is 5.32 Å². The van der Waals surface area contributed by atoms with E-state index in [0.717, 1.165) is 16.3 Å². The topological polar surface area (TPSA) is 70.9 Å². The van der Waals surface area contributed by atoms with Crippen LogP contribution in [0, 0.1) is 5.82 Å². The van der Waals surface area contributed by atoms with Gasteiger partial charge in [0.1, 0.15) is 5.69 Å². The molecule has 2 heterocycles. The second kappa shape index (κ2) is 6.35. The number of fused-ring (bicyclic) bond motifs is 2. The number of aromatic nitrogens is 2. The Hall–Kier alpha value is -3.93. The first kappa shape index (κ1) is 16.3.